The Labute approximate surface area is 209 Å². The Bertz CT molecular complexity index is 1170. The number of carbonyl (C=O) groups excluding carboxylic acids is 3. The van der Waals surface area contributed by atoms with Gasteiger partial charge in [0.15, 0.2) is 0 Å². The Kier molecular flexibility index (Phi) is 9.02. The standard InChI is InChI=1S/C24H31ClN6O4/c1-4-30(2)10-8-26-22(33)18-6-5-17(12-19(18)25)28-24(35)23(34)27-13-15-11-16-14-31(3)9-7-20(16)29-21(15)32/h5-6,11-12H,4,7-10,13-14H2,1-3H3,(H,26,33)(H,27,34)(H,28,35)(H,29,32). The van der Waals surface area contributed by atoms with Gasteiger partial charge in [-0.25, -0.2) is 0 Å². The Morgan fingerprint density at radius 2 is 1.94 bits per heavy atom. The van der Waals surface area contributed by atoms with Crippen molar-refractivity contribution in [3.8, 4) is 0 Å². The monoisotopic (exact) mass is 502 g/mol. The van der Waals surface area contributed by atoms with Gasteiger partial charge in [-0.15, -0.1) is 0 Å². The maximum absolute atomic E-state index is 12.3. The number of likely N-dealkylation sites (N-methyl/N-ethyl adjacent to an activating group) is 2. The van der Waals surface area contributed by atoms with E-state index in [4.69, 9.17) is 11.6 Å². The minimum atomic E-state index is -0.907. The van der Waals surface area contributed by atoms with Gasteiger partial charge in [0.2, 0.25) is 0 Å². The maximum Gasteiger partial charge on any atom is 0.313 e. The van der Waals surface area contributed by atoms with Crippen molar-refractivity contribution in [2.75, 3.05) is 45.6 Å². The van der Waals surface area contributed by atoms with Crippen molar-refractivity contribution in [2.24, 2.45) is 0 Å². The second-order valence-corrected chi connectivity index (χ2v) is 9.01. The molecule has 0 atom stereocenters. The van der Waals surface area contributed by atoms with Crippen LogP contribution in [0.3, 0.4) is 0 Å². The molecule has 1 aromatic carbocycles. The van der Waals surface area contributed by atoms with Crippen LogP contribution in [0.5, 0.6) is 0 Å². The number of aromatic nitrogens is 1. The molecule has 188 valence electrons. The van der Waals surface area contributed by atoms with E-state index < -0.39 is 11.8 Å². The zero-order valence-electron chi connectivity index (χ0n) is 20.2. The molecule has 35 heavy (non-hydrogen) atoms. The summed E-state index contributed by atoms with van der Waals surface area (Å²) >= 11 is 6.22. The Morgan fingerprint density at radius 3 is 2.66 bits per heavy atom. The lowest BCUT2D eigenvalue weighted by molar-refractivity contribution is -0.136. The fraction of sp³-hybridized carbons (Fsp3) is 0.417. The second kappa shape index (κ2) is 12.0. The number of nitrogens with one attached hydrogen (secondary N) is 4. The lowest BCUT2D eigenvalue weighted by Crippen LogP contribution is -2.37. The van der Waals surface area contributed by atoms with Crippen molar-refractivity contribution in [3.05, 3.63) is 62.0 Å². The average molecular weight is 503 g/mol. The third-order valence-electron chi connectivity index (χ3n) is 5.91. The number of amides is 3. The molecule has 0 aliphatic carbocycles. The largest absolute Gasteiger partial charge is 0.351 e. The van der Waals surface area contributed by atoms with Crippen LogP contribution in [0.4, 0.5) is 5.69 Å². The van der Waals surface area contributed by atoms with Gasteiger partial charge in [0.25, 0.3) is 11.5 Å². The molecule has 0 spiro atoms. The summed E-state index contributed by atoms with van der Waals surface area (Å²) in [7, 11) is 3.95. The first-order valence-electron chi connectivity index (χ1n) is 11.5. The molecule has 11 heteroatoms. The number of halogens is 1. The van der Waals surface area contributed by atoms with Crippen molar-refractivity contribution in [1.82, 2.24) is 25.4 Å². The van der Waals surface area contributed by atoms with E-state index in [-0.39, 0.29) is 34.3 Å². The number of aromatic amines is 1. The van der Waals surface area contributed by atoms with Gasteiger partial charge in [-0.3, -0.25) is 19.2 Å². The van der Waals surface area contributed by atoms with Gasteiger partial charge in [-0.1, -0.05) is 18.5 Å². The van der Waals surface area contributed by atoms with Gasteiger partial charge in [0.1, 0.15) is 0 Å². The van der Waals surface area contributed by atoms with Gasteiger partial charge in [-0.05, 0) is 50.5 Å². The van der Waals surface area contributed by atoms with Crippen molar-refractivity contribution >= 4 is 35.0 Å². The predicted octanol–water partition coefficient (Wildman–Crippen LogP) is 0.953. The number of nitrogens with zero attached hydrogens (tertiary/aromatic N) is 2. The number of pyridine rings is 1. The lowest BCUT2D eigenvalue weighted by atomic mass is 10.0. The van der Waals surface area contributed by atoms with Crippen molar-refractivity contribution in [3.63, 3.8) is 0 Å². The van der Waals surface area contributed by atoms with Crippen molar-refractivity contribution in [2.45, 2.75) is 26.4 Å². The molecule has 0 unspecified atom stereocenters. The highest BCUT2D eigenvalue weighted by atomic mass is 35.5. The summed E-state index contributed by atoms with van der Waals surface area (Å²) < 4.78 is 0. The number of H-pyrrole nitrogens is 1. The molecular weight excluding hydrogens is 472 g/mol. The fourth-order valence-corrected chi connectivity index (χ4v) is 3.93. The van der Waals surface area contributed by atoms with E-state index in [1.807, 2.05) is 21.0 Å². The Morgan fingerprint density at radius 1 is 1.17 bits per heavy atom. The van der Waals surface area contributed by atoms with Crippen LogP contribution in [0, 0.1) is 0 Å². The Hall–Kier alpha value is -3.21. The number of carbonyl (C=O) groups is 3. The van der Waals surface area contributed by atoms with Gasteiger partial charge in [0, 0.05) is 56.1 Å². The highest BCUT2D eigenvalue weighted by Crippen LogP contribution is 2.21. The first-order chi connectivity index (χ1) is 16.7. The summed E-state index contributed by atoms with van der Waals surface area (Å²) in [4.78, 5) is 56.3. The topological polar surface area (TPSA) is 127 Å². The van der Waals surface area contributed by atoms with E-state index in [1.54, 1.807) is 6.07 Å². The SMILES string of the molecule is CCN(C)CCNC(=O)c1ccc(NC(=O)C(=O)NCc2cc3c([nH]c2=O)CCN(C)C3)cc1Cl. The maximum atomic E-state index is 12.3. The van der Waals surface area contributed by atoms with E-state index in [0.717, 1.165) is 30.8 Å². The van der Waals surface area contributed by atoms with Crippen LogP contribution in [-0.2, 0) is 29.1 Å². The first kappa shape index (κ1) is 26.4. The average Bonchev–Trinajstić information content (AvgIpc) is 2.82. The van der Waals surface area contributed by atoms with Gasteiger partial charge in [-0.2, -0.15) is 0 Å². The zero-order valence-corrected chi connectivity index (χ0v) is 20.9. The molecule has 0 saturated carbocycles. The van der Waals surface area contributed by atoms with Gasteiger partial charge in [0.05, 0.1) is 10.6 Å². The molecule has 0 bridgehead atoms. The molecule has 1 aromatic heterocycles. The molecule has 2 heterocycles. The normalized spacial score (nSPS) is 13.3. The quantitative estimate of drug-likeness (QED) is 0.398. The molecule has 0 saturated heterocycles. The minimum absolute atomic E-state index is 0.0777. The molecule has 10 nitrogen and oxygen atoms in total. The number of fused-ring (bicyclic) bond motifs is 1. The van der Waals surface area contributed by atoms with Crippen LogP contribution in [0.15, 0.2) is 29.1 Å². The molecule has 4 N–H and O–H groups in total. The first-order valence-corrected chi connectivity index (χ1v) is 11.8. The molecule has 2 aromatic rings. The van der Waals surface area contributed by atoms with E-state index in [0.29, 0.717) is 25.2 Å². The number of hydrogen-bond acceptors (Lipinski definition) is 6. The van der Waals surface area contributed by atoms with Crippen LogP contribution in [0.2, 0.25) is 5.02 Å². The third kappa shape index (κ3) is 7.14. The number of rotatable bonds is 8. The summed E-state index contributed by atoms with van der Waals surface area (Å²) in [6, 6.07) is 6.16. The van der Waals surface area contributed by atoms with Gasteiger partial charge >= 0.3 is 11.8 Å². The highest BCUT2D eigenvalue weighted by Gasteiger charge is 2.19. The van der Waals surface area contributed by atoms with Crippen molar-refractivity contribution in [1.29, 1.82) is 0 Å². The van der Waals surface area contributed by atoms with Crippen LogP contribution in [0.1, 0.15) is 34.1 Å². The Balaban J connectivity index is 1.54. The van der Waals surface area contributed by atoms with E-state index >= 15 is 0 Å². The summed E-state index contributed by atoms with van der Waals surface area (Å²) in [5, 5.41) is 7.87. The summed E-state index contributed by atoms with van der Waals surface area (Å²) in [6.07, 6.45) is 0.759. The van der Waals surface area contributed by atoms with Crippen LogP contribution >= 0.6 is 11.6 Å². The fourth-order valence-electron chi connectivity index (χ4n) is 3.66. The molecule has 1 aliphatic heterocycles. The number of anilines is 1. The van der Waals surface area contributed by atoms with Gasteiger partial charge < -0.3 is 30.7 Å². The zero-order chi connectivity index (χ0) is 25.5. The van der Waals surface area contributed by atoms with E-state index in [1.165, 1.54) is 18.2 Å². The molecular formula is C24H31ClN6O4. The van der Waals surface area contributed by atoms with Crippen molar-refractivity contribution < 1.29 is 14.4 Å². The lowest BCUT2D eigenvalue weighted by Gasteiger charge is -2.24. The minimum Gasteiger partial charge on any atom is -0.351 e. The second-order valence-electron chi connectivity index (χ2n) is 8.60. The number of benzene rings is 1. The predicted molar refractivity (Wildman–Crippen MR) is 135 cm³/mol. The molecule has 0 radical (unpaired) electrons. The summed E-state index contributed by atoms with van der Waals surface area (Å²) in [6.45, 7) is 5.58. The smallest absolute Gasteiger partial charge is 0.313 e. The summed E-state index contributed by atoms with van der Waals surface area (Å²) in [5.74, 6) is -2.12. The van der Waals surface area contributed by atoms with Crippen LogP contribution in [0.25, 0.3) is 0 Å². The summed E-state index contributed by atoms with van der Waals surface area (Å²) in [5.41, 5.74) is 2.55. The number of hydrogen-bond donors (Lipinski definition) is 4. The highest BCUT2D eigenvalue weighted by molar-refractivity contribution is 6.40. The third-order valence-corrected chi connectivity index (χ3v) is 6.22. The molecule has 3 rings (SSSR count). The molecule has 1 aliphatic rings. The molecule has 0 fully saturated rings. The van der Waals surface area contributed by atoms with Crippen LogP contribution in [-0.4, -0.2) is 72.8 Å². The van der Waals surface area contributed by atoms with E-state index in [2.05, 4.69) is 30.7 Å². The molecule has 3 amide bonds. The van der Waals surface area contributed by atoms with E-state index in [9.17, 15) is 19.2 Å². The van der Waals surface area contributed by atoms with Crippen LogP contribution < -0.4 is 21.5 Å².